The number of ether oxygens (including phenoxy) is 8. The van der Waals surface area contributed by atoms with Gasteiger partial charge in [0, 0.05) is 26.4 Å². The fourth-order valence-corrected chi connectivity index (χ4v) is 18.2. The largest absolute Gasteiger partial charge is 0.394 e. The predicted octanol–water partition coefficient (Wildman–Crippen LogP) is 21.8. The average Bonchev–Trinajstić information content (AvgIpc) is 0.807. The Morgan fingerprint density at radius 3 is 0.693 bits per heavy atom. The minimum atomic E-state index is -1.67. The highest BCUT2D eigenvalue weighted by Crippen LogP contribution is 2.33. The van der Waals surface area contributed by atoms with Crippen LogP contribution in [0, 0.1) is 94.7 Å². The van der Waals surface area contributed by atoms with Crippen molar-refractivity contribution in [2.24, 2.45) is 94.7 Å². The maximum atomic E-state index is 11.1. The molecule has 8 N–H and O–H groups in total. The van der Waals surface area contributed by atoms with Gasteiger partial charge in [-0.2, -0.15) is 0 Å². The monoisotopic (exact) mass is 1630 g/mol. The van der Waals surface area contributed by atoms with Crippen molar-refractivity contribution in [1.82, 2.24) is 0 Å². The molecule has 16 heteroatoms. The molecule has 3 heterocycles. The quantitative estimate of drug-likeness (QED) is 0.113. The van der Waals surface area contributed by atoms with Crippen LogP contribution in [-0.2, 0) is 37.9 Å². The summed E-state index contributed by atoms with van der Waals surface area (Å²) in [4.78, 5) is 0. The van der Waals surface area contributed by atoms with E-state index in [0.29, 0.717) is 56.0 Å². The minimum absolute atomic E-state index is 0.00921. The molecule has 3 saturated heterocycles. The van der Waals surface area contributed by atoms with Crippen LogP contribution >= 0.6 is 0 Å². The Kier molecular flexibility index (Phi) is 62.2. The fraction of sp³-hybridized carbons (Fsp3) is 1.00. The van der Waals surface area contributed by atoms with Crippen molar-refractivity contribution < 1.29 is 78.7 Å². The number of aliphatic hydroxyl groups is 8. The maximum Gasteiger partial charge on any atom is 0.186 e. The number of rotatable bonds is 8. The van der Waals surface area contributed by atoms with Crippen LogP contribution in [0.3, 0.4) is 0 Å². The first-order valence-corrected chi connectivity index (χ1v) is 48.8. The van der Waals surface area contributed by atoms with E-state index >= 15 is 0 Å². The molecule has 16 nitrogen and oxygen atoms in total. The van der Waals surface area contributed by atoms with E-state index in [4.69, 9.17) is 37.9 Å². The molecule has 3 rings (SSSR count). The Morgan fingerprint density at radius 2 is 0.430 bits per heavy atom. The van der Waals surface area contributed by atoms with Gasteiger partial charge in [0.05, 0.1) is 39.6 Å². The zero-order valence-corrected chi connectivity index (χ0v) is 77.2. The minimum Gasteiger partial charge on any atom is -0.394 e. The van der Waals surface area contributed by atoms with Gasteiger partial charge in [-0.05, 0) is 120 Å². The molecular formula is C98H192O16. The van der Waals surface area contributed by atoms with Gasteiger partial charge in [0.2, 0.25) is 0 Å². The summed E-state index contributed by atoms with van der Waals surface area (Å²) in [6.45, 7) is 41.3. The summed E-state index contributed by atoms with van der Waals surface area (Å²) in [6.07, 6.45) is 41.1. The van der Waals surface area contributed by atoms with E-state index in [0.717, 1.165) is 110 Å². The number of aliphatic hydroxyl groups excluding tert-OH is 8. The van der Waals surface area contributed by atoms with E-state index in [1.54, 1.807) is 0 Å². The lowest BCUT2D eigenvalue weighted by Gasteiger charge is -2.42. The molecule has 3 aliphatic heterocycles. The maximum absolute atomic E-state index is 11.1. The molecule has 0 amide bonds. The molecule has 28 atom stereocenters. The molecule has 680 valence electrons. The standard InChI is InChI=1S/C98H192O16/c1-71-29-17-33-75(5)41-25-49-83(13)57-61-107-67-87(65-99)109-63-59-85(15)51-27-43-77(7)35-19-31-73(3)39-23-47-81(11)55-53-80(10)46-22-38-72(2)30-18-34-76(6)42-26-50-84(14)58-62-108-68-88(69-111-97-96(106)94(104)92(102)90(114-97)70-112-98-95(105)93(103)91(101)89(66-100)113-98)110-64-60-86(16)52-28-44-78(8)36-20-32-74(4)40-24-48-82(12)56-54-79(9)45-21-37-71/h71-106H,17-70H2,1-16H3/t71-,72-,73-,74-,75+,76+,77+,78+,79-,80-,81-,82-,83+,84+,85+,86+,87?,88?,89-,90-,91-,92-,93+,94+,95-,96-,97-,98-/m1/s1. The van der Waals surface area contributed by atoms with Gasteiger partial charge in [-0.1, -0.05) is 368 Å². The van der Waals surface area contributed by atoms with E-state index in [2.05, 4.69) is 111 Å². The Bertz CT molecular complexity index is 2160. The molecule has 0 spiro atoms. The van der Waals surface area contributed by atoms with Crippen molar-refractivity contribution in [3.63, 3.8) is 0 Å². The number of hydrogen-bond donors (Lipinski definition) is 8. The second-order valence-electron chi connectivity index (χ2n) is 40.4. The van der Waals surface area contributed by atoms with Crippen LogP contribution in [0.1, 0.15) is 393 Å². The van der Waals surface area contributed by atoms with Crippen LogP contribution in [0.2, 0.25) is 0 Å². The van der Waals surface area contributed by atoms with Gasteiger partial charge in [-0.25, -0.2) is 0 Å². The topological polar surface area (TPSA) is 236 Å². The van der Waals surface area contributed by atoms with Crippen molar-refractivity contribution in [3.05, 3.63) is 0 Å². The second kappa shape index (κ2) is 65.9. The Hall–Kier alpha value is -0.640. The molecular weight excluding hydrogens is 1430 g/mol. The van der Waals surface area contributed by atoms with Crippen molar-refractivity contribution in [2.75, 3.05) is 66.1 Å². The molecule has 2 unspecified atom stereocenters. The summed E-state index contributed by atoms with van der Waals surface area (Å²) < 4.78 is 48.3. The highest BCUT2D eigenvalue weighted by Gasteiger charge is 2.48. The van der Waals surface area contributed by atoms with Crippen LogP contribution in [0.4, 0.5) is 0 Å². The van der Waals surface area contributed by atoms with Gasteiger partial charge in [0.25, 0.3) is 0 Å². The summed E-state index contributed by atoms with van der Waals surface area (Å²) in [5, 5.41) is 83.8. The Balaban J connectivity index is 1.48. The van der Waals surface area contributed by atoms with Crippen molar-refractivity contribution in [1.29, 1.82) is 0 Å². The third-order valence-electron chi connectivity index (χ3n) is 27.7. The first-order chi connectivity index (χ1) is 54.6. The Labute approximate surface area is 702 Å². The molecule has 0 aromatic rings. The molecule has 3 aliphatic rings. The summed E-state index contributed by atoms with van der Waals surface area (Å²) >= 11 is 0. The normalized spacial score (nSPS) is 39.6. The lowest BCUT2D eigenvalue weighted by molar-refractivity contribution is -0.333. The Morgan fingerprint density at radius 1 is 0.219 bits per heavy atom. The third kappa shape index (κ3) is 52.1. The van der Waals surface area contributed by atoms with Crippen LogP contribution < -0.4 is 0 Å². The lowest BCUT2D eigenvalue weighted by Crippen LogP contribution is -2.61. The summed E-state index contributed by atoms with van der Waals surface area (Å²) in [7, 11) is 0. The van der Waals surface area contributed by atoms with E-state index in [9.17, 15) is 40.9 Å². The van der Waals surface area contributed by atoms with Crippen LogP contribution in [-0.4, -0.2) is 181 Å². The zero-order valence-electron chi connectivity index (χ0n) is 77.2. The van der Waals surface area contributed by atoms with Crippen LogP contribution in [0.25, 0.3) is 0 Å². The van der Waals surface area contributed by atoms with Crippen molar-refractivity contribution in [3.8, 4) is 0 Å². The smallest absolute Gasteiger partial charge is 0.186 e. The van der Waals surface area contributed by atoms with Gasteiger partial charge in [-0.3, -0.25) is 0 Å². The van der Waals surface area contributed by atoms with Gasteiger partial charge < -0.3 is 78.7 Å². The molecule has 0 saturated carbocycles. The zero-order chi connectivity index (χ0) is 84.0. The second-order valence-corrected chi connectivity index (χ2v) is 40.4. The average molecular weight is 1630 g/mol. The molecule has 3 fully saturated rings. The lowest BCUT2D eigenvalue weighted by atomic mass is 9.88. The van der Waals surface area contributed by atoms with Crippen LogP contribution in [0.5, 0.6) is 0 Å². The van der Waals surface area contributed by atoms with E-state index in [1.807, 2.05) is 0 Å². The summed E-state index contributed by atoms with van der Waals surface area (Å²) in [5.41, 5.74) is 0. The van der Waals surface area contributed by atoms with Gasteiger partial charge in [-0.15, -0.1) is 0 Å². The molecule has 0 aliphatic carbocycles. The van der Waals surface area contributed by atoms with Crippen LogP contribution in [0.15, 0.2) is 0 Å². The molecule has 0 radical (unpaired) electrons. The van der Waals surface area contributed by atoms with Crippen molar-refractivity contribution >= 4 is 0 Å². The highest BCUT2D eigenvalue weighted by molar-refractivity contribution is 4.92. The number of hydrogen-bond acceptors (Lipinski definition) is 16. The van der Waals surface area contributed by atoms with Gasteiger partial charge >= 0.3 is 0 Å². The molecule has 0 bridgehead atoms. The first kappa shape index (κ1) is 108. The predicted molar refractivity (Wildman–Crippen MR) is 470 cm³/mol. The molecule has 114 heavy (non-hydrogen) atoms. The van der Waals surface area contributed by atoms with Gasteiger partial charge in [0.1, 0.15) is 61.0 Å². The van der Waals surface area contributed by atoms with Crippen molar-refractivity contribution in [2.45, 2.75) is 467 Å². The van der Waals surface area contributed by atoms with E-state index < -0.39 is 80.7 Å². The first-order valence-electron chi connectivity index (χ1n) is 48.8. The fourth-order valence-electron chi connectivity index (χ4n) is 18.2. The summed E-state index contributed by atoms with van der Waals surface area (Å²) in [5.74, 6) is 11.8. The SMILES string of the molecule is C[C@@H]1CCC[C@H](C)CCC[C@H](C)CCOCC(CO)OCC[C@@H](C)CCC[C@@H](C)CCC[C@@H](C)CCC[C@@H](C)CC[C@H](C)CCC[C@H](C)CCC[C@H](C)CCC[C@H](C)CCOCC(CO[C@@H]2O[C@H](CO[C@@H]3O[C@H](CO)[C@@H](O)[C@H](O)[C@H]3O)[C@@H](O)[C@H](O)[C@H]2O)OCC[C@@H](C)CCC[C@@H](C)CCC[C@@H](C)CCC[C@@H](C)CC[C@H](C)CCC1. The molecule has 0 aromatic heterocycles. The highest BCUT2D eigenvalue weighted by atomic mass is 16.7. The van der Waals surface area contributed by atoms with E-state index in [-0.39, 0.29) is 25.9 Å². The summed E-state index contributed by atoms with van der Waals surface area (Å²) in [6, 6.07) is 0. The van der Waals surface area contributed by atoms with Gasteiger partial charge in [0.15, 0.2) is 12.6 Å². The van der Waals surface area contributed by atoms with E-state index in [1.165, 1.54) is 244 Å². The molecule has 0 aromatic carbocycles. The third-order valence-corrected chi connectivity index (χ3v) is 27.7.